The number of anilines is 1. The molecule has 3 amide bonds. The number of hydrogen-bond donors (Lipinski definition) is 3. The Kier molecular flexibility index (Phi) is 5.76. The molecule has 1 aliphatic rings. The van der Waals surface area contributed by atoms with Crippen LogP contribution >= 0.6 is 0 Å². The number of nitrogens with one attached hydrogen (secondary N) is 3. The second kappa shape index (κ2) is 8.79. The van der Waals surface area contributed by atoms with Crippen molar-refractivity contribution >= 4 is 28.5 Å². The number of carbonyl (C=O) groups is 2. The molecule has 29 heavy (non-hydrogen) atoms. The Labute approximate surface area is 169 Å². The predicted octanol–water partition coefficient (Wildman–Crippen LogP) is 3.00. The van der Waals surface area contributed by atoms with E-state index >= 15 is 0 Å². The lowest BCUT2D eigenvalue weighted by atomic mass is 10.1. The van der Waals surface area contributed by atoms with Crippen molar-refractivity contribution < 1.29 is 14.3 Å². The third-order valence-corrected chi connectivity index (χ3v) is 5.05. The molecular weight excluding hydrogens is 368 g/mol. The van der Waals surface area contributed by atoms with Crippen molar-refractivity contribution in [3.8, 4) is 0 Å². The van der Waals surface area contributed by atoms with Gasteiger partial charge in [0.25, 0.3) is 5.91 Å². The van der Waals surface area contributed by atoms with Crippen LogP contribution in [0.15, 0.2) is 54.7 Å². The monoisotopic (exact) mass is 392 g/mol. The summed E-state index contributed by atoms with van der Waals surface area (Å²) in [4.78, 5) is 29.6. The van der Waals surface area contributed by atoms with Crippen LogP contribution in [0.4, 0.5) is 10.5 Å². The molecule has 1 saturated heterocycles. The van der Waals surface area contributed by atoms with E-state index in [0.29, 0.717) is 44.1 Å². The van der Waals surface area contributed by atoms with Crippen LogP contribution < -0.4 is 10.6 Å². The van der Waals surface area contributed by atoms with E-state index in [1.165, 1.54) is 10.9 Å². The molecule has 2 heterocycles. The Hall–Kier alpha value is -3.32. The molecular formula is C22H24N4O3. The SMILES string of the molecule is O=C(NCCc1c[nH]c2ccccc12)c1ccc(NC(=O)N2CCOCC2)cc1. The Morgan fingerprint density at radius 2 is 1.79 bits per heavy atom. The summed E-state index contributed by atoms with van der Waals surface area (Å²) in [6.45, 7) is 2.85. The number of aromatic amines is 1. The van der Waals surface area contributed by atoms with Gasteiger partial charge in [-0.15, -0.1) is 0 Å². The maximum atomic E-state index is 12.4. The molecule has 1 aliphatic heterocycles. The smallest absolute Gasteiger partial charge is 0.321 e. The zero-order valence-corrected chi connectivity index (χ0v) is 16.1. The molecule has 0 saturated carbocycles. The van der Waals surface area contributed by atoms with Gasteiger partial charge in [0.15, 0.2) is 0 Å². The van der Waals surface area contributed by atoms with Crippen molar-refractivity contribution in [1.29, 1.82) is 0 Å². The summed E-state index contributed by atoms with van der Waals surface area (Å²) < 4.78 is 5.25. The fraction of sp³-hybridized carbons (Fsp3) is 0.273. The Morgan fingerprint density at radius 3 is 2.59 bits per heavy atom. The molecule has 0 bridgehead atoms. The van der Waals surface area contributed by atoms with Crippen LogP contribution in [0.2, 0.25) is 0 Å². The van der Waals surface area contributed by atoms with Gasteiger partial charge in [0, 0.05) is 48.0 Å². The number of carbonyl (C=O) groups excluding carboxylic acids is 2. The minimum absolute atomic E-state index is 0.129. The van der Waals surface area contributed by atoms with Gasteiger partial charge in [-0.05, 0) is 42.3 Å². The molecule has 1 fully saturated rings. The quantitative estimate of drug-likeness (QED) is 0.624. The summed E-state index contributed by atoms with van der Waals surface area (Å²) in [6, 6.07) is 14.9. The Balaban J connectivity index is 1.28. The fourth-order valence-corrected chi connectivity index (χ4v) is 3.43. The predicted molar refractivity (Wildman–Crippen MR) is 112 cm³/mol. The van der Waals surface area contributed by atoms with Crippen molar-refractivity contribution in [2.45, 2.75) is 6.42 Å². The standard InChI is InChI=1S/C22H24N4O3/c27-21(23-10-9-17-15-24-20-4-2-1-3-19(17)20)16-5-7-18(8-6-16)25-22(28)26-11-13-29-14-12-26/h1-8,15,24H,9-14H2,(H,23,27)(H,25,28). The number of morpholine rings is 1. The first kappa shape index (κ1) is 19.0. The molecule has 2 aromatic carbocycles. The second-order valence-corrected chi connectivity index (χ2v) is 6.97. The van der Waals surface area contributed by atoms with Crippen LogP contribution in [0.5, 0.6) is 0 Å². The van der Waals surface area contributed by atoms with E-state index in [9.17, 15) is 9.59 Å². The summed E-state index contributed by atoms with van der Waals surface area (Å²) in [5.74, 6) is -0.129. The van der Waals surface area contributed by atoms with Crippen molar-refractivity contribution in [2.75, 3.05) is 38.2 Å². The van der Waals surface area contributed by atoms with E-state index in [-0.39, 0.29) is 11.9 Å². The van der Waals surface area contributed by atoms with E-state index in [2.05, 4.69) is 21.7 Å². The number of hydrogen-bond acceptors (Lipinski definition) is 3. The molecule has 3 N–H and O–H groups in total. The highest BCUT2D eigenvalue weighted by Gasteiger charge is 2.16. The molecule has 0 unspecified atom stereocenters. The van der Waals surface area contributed by atoms with E-state index < -0.39 is 0 Å². The molecule has 150 valence electrons. The van der Waals surface area contributed by atoms with Gasteiger partial charge in [-0.2, -0.15) is 0 Å². The van der Waals surface area contributed by atoms with Crippen molar-refractivity contribution in [3.05, 3.63) is 65.9 Å². The zero-order valence-electron chi connectivity index (χ0n) is 16.1. The molecule has 3 aromatic rings. The zero-order chi connectivity index (χ0) is 20.1. The first-order valence-corrected chi connectivity index (χ1v) is 9.77. The van der Waals surface area contributed by atoms with Gasteiger partial charge >= 0.3 is 6.03 Å². The Morgan fingerprint density at radius 1 is 1.03 bits per heavy atom. The molecule has 0 atom stereocenters. The largest absolute Gasteiger partial charge is 0.378 e. The number of ether oxygens (including phenoxy) is 1. The van der Waals surface area contributed by atoms with E-state index in [1.54, 1.807) is 29.2 Å². The van der Waals surface area contributed by atoms with Gasteiger partial charge < -0.3 is 25.3 Å². The van der Waals surface area contributed by atoms with Gasteiger partial charge in [-0.1, -0.05) is 18.2 Å². The van der Waals surface area contributed by atoms with Gasteiger partial charge in [0.2, 0.25) is 0 Å². The first-order chi connectivity index (χ1) is 14.2. The number of fused-ring (bicyclic) bond motifs is 1. The Bertz CT molecular complexity index is 991. The highest BCUT2D eigenvalue weighted by molar-refractivity contribution is 5.95. The highest BCUT2D eigenvalue weighted by atomic mass is 16.5. The third kappa shape index (κ3) is 4.57. The molecule has 0 radical (unpaired) electrons. The number of nitrogens with zero attached hydrogens (tertiary/aromatic N) is 1. The number of H-pyrrole nitrogens is 1. The number of para-hydroxylation sites is 1. The molecule has 0 aliphatic carbocycles. The lowest BCUT2D eigenvalue weighted by molar-refractivity contribution is 0.0564. The molecule has 7 heteroatoms. The summed E-state index contributed by atoms with van der Waals surface area (Å²) >= 11 is 0. The average Bonchev–Trinajstić information content (AvgIpc) is 3.18. The summed E-state index contributed by atoms with van der Waals surface area (Å²) in [5, 5.41) is 6.99. The first-order valence-electron chi connectivity index (χ1n) is 9.77. The van der Waals surface area contributed by atoms with Crippen molar-refractivity contribution in [3.63, 3.8) is 0 Å². The number of aromatic nitrogens is 1. The lowest BCUT2D eigenvalue weighted by Gasteiger charge is -2.26. The highest BCUT2D eigenvalue weighted by Crippen LogP contribution is 2.18. The van der Waals surface area contributed by atoms with Crippen LogP contribution in [-0.4, -0.2) is 54.7 Å². The van der Waals surface area contributed by atoms with Gasteiger partial charge in [0.1, 0.15) is 0 Å². The molecule has 4 rings (SSSR count). The summed E-state index contributed by atoms with van der Waals surface area (Å²) in [6.07, 6.45) is 2.74. The number of urea groups is 1. The van der Waals surface area contributed by atoms with Crippen LogP contribution in [-0.2, 0) is 11.2 Å². The third-order valence-electron chi connectivity index (χ3n) is 5.05. The average molecular weight is 392 g/mol. The molecule has 7 nitrogen and oxygen atoms in total. The van der Waals surface area contributed by atoms with Gasteiger partial charge in [-0.3, -0.25) is 4.79 Å². The summed E-state index contributed by atoms with van der Waals surface area (Å²) in [7, 11) is 0. The number of rotatable bonds is 5. The minimum atomic E-state index is -0.149. The van der Waals surface area contributed by atoms with Crippen LogP contribution in [0.25, 0.3) is 10.9 Å². The second-order valence-electron chi connectivity index (χ2n) is 6.97. The molecule has 0 spiro atoms. The normalized spacial score (nSPS) is 14.0. The topological polar surface area (TPSA) is 86.5 Å². The van der Waals surface area contributed by atoms with Gasteiger partial charge in [-0.25, -0.2) is 4.79 Å². The van der Waals surface area contributed by atoms with Crippen LogP contribution in [0, 0.1) is 0 Å². The summed E-state index contributed by atoms with van der Waals surface area (Å²) in [5.41, 5.74) is 3.51. The van der Waals surface area contributed by atoms with E-state index in [4.69, 9.17) is 4.74 Å². The maximum absolute atomic E-state index is 12.4. The van der Waals surface area contributed by atoms with Gasteiger partial charge in [0.05, 0.1) is 13.2 Å². The van der Waals surface area contributed by atoms with Crippen molar-refractivity contribution in [2.24, 2.45) is 0 Å². The van der Waals surface area contributed by atoms with E-state index in [0.717, 1.165) is 11.9 Å². The van der Waals surface area contributed by atoms with E-state index in [1.807, 2.05) is 24.4 Å². The number of amides is 3. The maximum Gasteiger partial charge on any atom is 0.321 e. The fourth-order valence-electron chi connectivity index (χ4n) is 3.43. The van der Waals surface area contributed by atoms with Crippen LogP contribution in [0.1, 0.15) is 15.9 Å². The molecule has 1 aromatic heterocycles. The lowest BCUT2D eigenvalue weighted by Crippen LogP contribution is -2.43. The minimum Gasteiger partial charge on any atom is -0.378 e. The number of benzene rings is 2. The van der Waals surface area contributed by atoms with Crippen LogP contribution in [0.3, 0.4) is 0 Å². The van der Waals surface area contributed by atoms with Crippen molar-refractivity contribution in [1.82, 2.24) is 15.2 Å².